The number of carbonyl (C=O) groups is 2. The fraction of sp³-hybridized carbons (Fsp3) is 0.882. The van der Waals surface area contributed by atoms with Crippen molar-refractivity contribution in [3.05, 3.63) is 0 Å². The molecule has 2 atom stereocenters. The van der Waals surface area contributed by atoms with Gasteiger partial charge in [-0.1, -0.05) is 0 Å². The Labute approximate surface area is 159 Å². The molecule has 0 aromatic heterocycles. The molecule has 9 heteroatoms. The van der Waals surface area contributed by atoms with Gasteiger partial charge in [-0.2, -0.15) is 0 Å². The molecule has 0 spiro atoms. The Morgan fingerprint density at radius 2 is 1.85 bits per heavy atom. The van der Waals surface area contributed by atoms with Crippen LogP contribution in [-0.4, -0.2) is 90.5 Å². The molecule has 3 rings (SSSR count). The smallest absolute Gasteiger partial charge is 0.319 e. The number of hydrazine groups is 1. The number of piperidine rings is 2. The zero-order valence-electron chi connectivity index (χ0n) is 15.7. The van der Waals surface area contributed by atoms with Crippen LogP contribution in [0.2, 0.25) is 0 Å². The molecule has 0 aliphatic carbocycles. The van der Waals surface area contributed by atoms with E-state index in [-0.39, 0.29) is 23.3 Å². The van der Waals surface area contributed by atoms with E-state index in [2.05, 4.69) is 27.3 Å². The maximum atomic E-state index is 12.1. The number of nitrogens with zero attached hydrogens (tertiary/aromatic N) is 3. The van der Waals surface area contributed by atoms with Gasteiger partial charge in [0, 0.05) is 26.2 Å². The van der Waals surface area contributed by atoms with Crippen LogP contribution in [-0.2, 0) is 14.3 Å². The van der Waals surface area contributed by atoms with Gasteiger partial charge in [-0.3, -0.25) is 14.5 Å². The van der Waals surface area contributed by atoms with Crippen LogP contribution in [0.3, 0.4) is 0 Å². The lowest BCUT2D eigenvalue weighted by Crippen LogP contribution is -2.55. The number of likely N-dealkylation sites (tertiary alicyclic amines) is 1. The third-order valence-electron chi connectivity index (χ3n) is 5.78. The average molecular weight is 386 g/mol. The number of amides is 1. The Kier molecular flexibility index (Phi) is 6.79. The van der Waals surface area contributed by atoms with Crippen LogP contribution in [0.25, 0.3) is 0 Å². The van der Waals surface area contributed by atoms with E-state index in [1.807, 2.05) is 0 Å². The monoisotopic (exact) mass is 385 g/mol. The summed E-state index contributed by atoms with van der Waals surface area (Å²) in [6.07, 6.45) is 4.12. The molecule has 0 aromatic rings. The Hall–Kier alpha value is -0.870. The SMILES string of the molecule is COC(=O)CN1CCC(N2C(C(N)=O)SC(C3CCNCC3)N2C)CC1. The lowest BCUT2D eigenvalue weighted by atomic mass is 9.97. The summed E-state index contributed by atoms with van der Waals surface area (Å²) in [6, 6.07) is 0.283. The normalized spacial score (nSPS) is 30.5. The van der Waals surface area contributed by atoms with Crippen LogP contribution >= 0.6 is 11.8 Å². The molecule has 3 aliphatic heterocycles. The first-order chi connectivity index (χ1) is 12.5. The van der Waals surface area contributed by atoms with E-state index in [1.54, 1.807) is 11.8 Å². The number of carbonyl (C=O) groups excluding carboxylic acids is 2. The first-order valence-electron chi connectivity index (χ1n) is 9.47. The number of primary amides is 1. The van der Waals surface area contributed by atoms with E-state index in [9.17, 15) is 9.59 Å². The van der Waals surface area contributed by atoms with E-state index in [0.717, 1.165) is 51.9 Å². The number of hydrogen-bond acceptors (Lipinski definition) is 8. The van der Waals surface area contributed by atoms with E-state index in [0.29, 0.717) is 17.8 Å². The number of methoxy groups -OCH3 is 1. The topological polar surface area (TPSA) is 91.1 Å². The second-order valence-corrected chi connectivity index (χ2v) is 8.61. The van der Waals surface area contributed by atoms with Gasteiger partial charge in [0.25, 0.3) is 0 Å². The summed E-state index contributed by atoms with van der Waals surface area (Å²) in [6.45, 7) is 4.09. The van der Waals surface area contributed by atoms with Crippen molar-refractivity contribution >= 4 is 23.6 Å². The molecule has 0 bridgehead atoms. The summed E-state index contributed by atoms with van der Waals surface area (Å²) in [7, 11) is 3.52. The van der Waals surface area contributed by atoms with Crippen molar-refractivity contribution in [2.24, 2.45) is 11.7 Å². The van der Waals surface area contributed by atoms with Crippen molar-refractivity contribution in [1.29, 1.82) is 0 Å². The Bertz CT molecular complexity index is 509. The van der Waals surface area contributed by atoms with Crippen molar-refractivity contribution in [3.8, 4) is 0 Å². The fourth-order valence-corrected chi connectivity index (χ4v) is 5.98. The van der Waals surface area contributed by atoms with Gasteiger partial charge >= 0.3 is 5.97 Å². The quantitative estimate of drug-likeness (QED) is 0.621. The molecule has 3 aliphatic rings. The molecule has 8 nitrogen and oxygen atoms in total. The average Bonchev–Trinajstić information content (AvgIpc) is 3.00. The highest BCUT2D eigenvalue weighted by molar-refractivity contribution is 8.01. The van der Waals surface area contributed by atoms with Gasteiger partial charge in [0.1, 0.15) is 0 Å². The standard InChI is InChI=1S/C17H31N5O3S/c1-20-16(12-3-7-19-8-4-12)26-17(15(18)24)22(20)13-5-9-21(10-6-13)11-14(23)25-2/h12-13,16-17,19H,3-11H2,1-2H3,(H2,18,24). The lowest BCUT2D eigenvalue weighted by Gasteiger charge is -2.42. The van der Waals surface area contributed by atoms with Gasteiger partial charge in [-0.15, -0.1) is 11.8 Å². The molecule has 0 saturated carbocycles. The van der Waals surface area contributed by atoms with Crippen molar-refractivity contribution < 1.29 is 14.3 Å². The Balaban J connectivity index is 1.63. The van der Waals surface area contributed by atoms with Gasteiger partial charge in [0.15, 0.2) is 5.37 Å². The maximum absolute atomic E-state index is 12.1. The van der Waals surface area contributed by atoms with Gasteiger partial charge < -0.3 is 15.8 Å². The molecule has 0 radical (unpaired) electrons. The molecule has 3 N–H and O–H groups in total. The van der Waals surface area contributed by atoms with E-state index in [1.165, 1.54) is 7.11 Å². The molecular formula is C17H31N5O3S. The third kappa shape index (κ3) is 4.33. The molecule has 3 heterocycles. The third-order valence-corrected chi connectivity index (χ3v) is 7.46. The van der Waals surface area contributed by atoms with Crippen molar-refractivity contribution in [2.75, 3.05) is 46.9 Å². The largest absolute Gasteiger partial charge is 0.468 e. The number of rotatable bonds is 5. The van der Waals surface area contributed by atoms with Crippen LogP contribution < -0.4 is 11.1 Å². The molecule has 1 amide bonds. The molecular weight excluding hydrogens is 354 g/mol. The van der Waals surface area contributed by atoms with Gasteiger partial charge in [-0.05, 0) is 44.7 Å². The number of esters is 1. The summed E-state index contributed by atoms with van der Waals surface area (Å²) in [5, 5.41) is 7.92. The summed E-state index contributed by atoms with van der Waals surface area (Å²) in [4.78, 5) is 25.7. The molecule has 0 aromatic carbocycles. The lowest BCUT2D eigenvalue weighted by molar-refractivity contribution is -0.143. The minimum absolute atomic E-state index is 0.196. The second kappa shape index (κ2) is 8.88. The van der Waals surface area contributed by atoms with Crippen molar-refractivity contribution in [1.82, 2.24) is 20.2 Å². The predicted molar refractivity (Wildman–Crippen MR) is 101 cm³/mol. The van der Waals surface area contributed by atoms with E-state index >= 15 is 0 Å². The van der Waals surface area contributed by atoms with Crippen LogP contribution in [0.4, 0.5) is 0 Å². The minimum atomic E-state index is -0.294. The van der Waals surface area contributed by atoms with Crippen molar-refractivity contribution in [3.63, 3.8) is 0 Å². The number of nitrogens with one attached hydrogen (secondary N) is 1. The zero-order valence-corrected chi connectivity index (χ0v) is 16.5. The van der Waals surface area contributed by atoms with Crippen LogP contribution in [0.15, 0.2) is 0 Å². The van der Waals surface area contributed by atoms with E-state index in [4.69, 9.17) is 10.5 Å². The fourth-order valence-electron chi connectivity index (χ4n) is 4.36. The van der Waals surface area contributed by atoms with E-state index < -0.39 is 0 Å². The van der Waals surface area contributed by atoms with Crippen molar-refractivity contribution in [2.45, 2.75) is 42.5 Å². The molecule has 148 valence electrons. The number of hydrogen-bond donors (Lipinski definition) is 2. The number of ether oxygens (including phenoxy) is 1. The minimum Gasteiger partial charge on any atom is -0.468 e. The highest BCUT2D eigenvalue weighted by Gasteiger charge is 2.47. The Morgan fingerprint density at radius 1 is 1.19 bits per heavy atom. The molecule has 2 unspecified atom stereocenters. The highest BCUT2D eigenvalue weighted by atomic mass is 32.2. The van der Waals surface area contributed by atoms with Crippen LogP contribution in [0.1, 0.15) is 25.7 Å². The Morgan fingerprint density at radius 3 is 2.42 bits per heavy atom. The summed E-state index contributed by atoms with van der Waals surface area (Å²) >= 11 is 1.71. The zero-order chi connectivity index (χ0) is 18.7. The van der Waals surface area contributed by atoms with Gasteiger partial charge in [-0.25, -0.2) is 10.0 Å². The molecule has 26 heavy (non-hydrogen) atoms. The highest BCUT2D eigenvalue weighted by Crippen LogP contribution is 2.42. The first-order valence-corrected chi connectivity index (χ1v) is 10.4. The maximum Gasteiger partial charge on any atom is 0.319 e. The van der Waals surface area contributed by atoms with Gasteiger partial charge in [0.05, 0.1) is 19.0 Å². The van der Waals surface area contributed by atoms with Crippen LogP contribution in [0.5, 0.6) is 0 Å². The molecule has 3 saturated heterocycles. The molecule has 3 fully saturated rings. The number of thioether (sulfide) groups is 1. The van der Waals surface area contributed by atoms with Crippen LogP contribution in [0, 0.1) is 5.92 Å². The predicted octanol–water partition coefficient (Wildman–Crippen LogP) is -0.343. The number of nitrogens with two attached hydrogens (primary N) is 1. The second-order valence-electron chi connectivity index (χ2n) is 7.41. The first kappa shape index (κ1) is 19.9. The summed E-state index contributed by atoms with van der Waals surface area (Å²) in [5.74, 6) is 0.131. The summed E-state index contributed by atoms with van der Waals surface area (Å²) in [5.41, 5.74) is 5.75. The van der Waals surface area contributed by atoms with Gasteiger partial charge in [0.2, 0.25) is 5.91 Å². The summed E-state index contributed by atoms with van der Waals surface area (Å²) < 4.78 is 4.76.